The first-order valence-electron chi connectivity index (χ1n) is 6.05. The third kappa shape index (κ3) is 4.13. The van der Waals surface area contributed by atoms with Crippen molar-refractivity contribution in [3.05, 3.63) is 29.6 Å². The number of carbonyl (C=O) groups is 1. The zero-order chi connectivity index (χ0) is 14.8. The molecule has 21 heavy (non-hydrogen) atoms. The predicted molar refractivity (Wildman–Crippen MR) is 76.6 cm³/mol. The first-order chi connectivity index (χ1) is 9.44. The minimum absolute atomic E-state index is 0. The Hall–Kier alpha value is -1.22. The van der Waals surface area contributed by atoms with Gasteiger partial charge in [-0.1, -0.05) is 0 Å². The Balaban J connectivity index is 0.00000220. The number of sulfonamides is 1. The van der Waals surface area contributed by atoms with Crippen LogP contribution in [0, 0.1) is 5.82 Å². The highest BCUT2D eigenvalue weighted by Gasteiger charge is 2.27. The fourth-order valence-electron chi connectivity index (χ4n) is 2.04. The molecule has 1 unspecified atom stereocenters. The summed E-state index contributed by atoms with van der Waals surface area (Å²) in [4.78, 5) is 11.2. The van der Waals surface area contributed by atoms with Crippen molar-refractivity contribution in [3.8, 4) is 0 Å². The van der Waals surface area contributed by atoms with Gasteiger partial charge in [-0.2, -0.15) is 0 Å². The van der Waals surface area contributed by atoms with Crippen molar-refractivity contribution < 1.29 is 22.3 Å². The normalized spacial score (nSPS) is 18.1. The van der Waals surface area contributed by atoms with Gasteiger partial charge in [0.05, 0.1) is 17.6 Å². The van der Waals surface area contributed by atoms with Crippen LogP contribution in [0.15, 0.2) is 23.1 Å². The molecule has 0 spiro atoms. The highest BCUT2D eigenvalue weighted by molar-refractivity contribution is 7.89. The molecule has 0 aliphatic carbocycles. The second-order valence-corrected chi connectivity index (χ2v) is 6.13. The number of ether oxygens (including phenoxy) is 1. The van der Waals surface area contributed by atoms with Gasteiger partial charge in [0.1, 0.15) is 5.82 Å². The van der Waals surface area contributed by atoms with E-state index in [2.05, 4.69) is 14.8 Å². The van der Waals surface area contributed by atoms with E-state index in [1.54, 1.807) is 0 Å². The first kappa shape index (κ1) is 17.8. The molecule has 1 aromatic carbocycles. The molecule has 6 nitrogen and oxygen atoms in total. The summed E-state index contributed by atoms with van der Waals surface area (Å²) in [5.41, 5.74) is -0.188. The van der Waals surface area contributed by atoms with Crippen LogP contribution in [0.1, 0.15) is 16.8 Å². The maximum Gasteiger partial charge on any atom is 0.339 e. The lowest BCUT2D eigenvalue weighted by molar-refractivity contribution is 0.0596. The molecule has 1 fully saturated rings. The number of nitrogens with one attached hydrogen (secondary N) is 2. The molecule has 1 atom stereocenters. The molecule has 0 saturated carbocycles. The third-order valence-corrected chi connectivity index (χ3v) is 4.58. The number of hydrogen-bond donors (Lipinski definition) is 2. The molecule has 1 saturated heterocycles. The third-order valence-electron chi connectivity index (χ3n) is 3.02. The van der Waals surface area contributed by atoms with Gasteiger partial charge in [0, 0.05) is 12.6 Å². The lowest BCUT2D eigenvalue weighted by atomic mass is 10.2. The smallest absolute Gasteiger partial charge is 0.339 e. The summed E-state index contributed by atoms with van der Waals surface area (Å²) in [5, 5.41) is 3.01. The molecule has 1 aliphatic rings. The maximum atomic E-state index is 13.3. The summed E-state index contributed by atoms with van der Waals surface area (Å²) >= 11 is 0. The molecule has 9 heteroatoms. The van der Waals surface area contributed by atoms with E-state index in [0.717, 1.165) is 25.3 Å². The average molecular weight is 339 g/mol. The van der Waals surface area contributed by atoms with Crippen LogP contribution in [0.25, 0.3) is 0 Å². The molecule has 1 heterocycles. The molecule has 1 aliphatic heterocycles. The Morgan fingerprint density at radius 2 is 2.19 bits per heavy atom. The molecular formula is C12H16ClFN2O4S. The molecule has 0 radical (unpaired) electrons. The largest absolute Gasteiger partial charge is 0.465 e. The highest BCUT2D eigenvalue weighted by atomic mass is 35.5. The van der Waals surface area contributed by atoms with Crippen molar-refractivity contribution in [2.24, 2.45) is 0 Å². The second-order valence-electron chi connectivity index (χ2n) is 4.44. The van der Waals surface area contributed by atoms with Crippen LogP contribution in [-0.2, 0) is 14.8 Å². The zero-order valence-corrected chi connectivity index (χ0v) is 12.9. The van der Waals surface area contributed by atoms with Crippen LogP contribution in [-0.4, -0.2) is 40.6 Å². The number of halogens is 2. The lowest BCUT2D eigenvalue weighted by Gasteiger charge is -2.14. The van der Waals surface area contributed by atoms with E-state index in [1.165, 1.54) is 0 Å². The summed E-state index contributed by atoms with van der Waals surface area (Å²) in [5.74, 6) is -1.56. The Bertz CT molecular complexity index is 618. The molecule has 0 amide bonds. The fraction of sp³-hybridized carbons (Fsp3) is 0.417. The van der Waals surface area contributed by atoms with E-state index in [4.69, 9.17) is 0 Å². The second kappa shape index (κ2) is 7.17. The number of rotatable bonds is 4. The topological polar surface area (TPSA) is 84.5 Å². The number of esters is 1. The summed E-state index contributed by atoms with van der Waals surface area (Å²) in [6.45, 7) is 1.21. The SMILES string of the molecule is COC(=O)c1ccc(F)cc1S(=O)(=O)NC1CCNC1.Cl. The van der Waals surface area contributed by atoms with Gasteiger partial charge in [0.15, 0.2) is 0 Å². The van der Waals surface area contributed by atoms with Crippen molar-refractivity contribution >= 4 is 28.4 Å². The van der Waals surface area contributed by atoms with Crippen molar-refractivity contribution in [1.29, 1.82) is 0 Å². The number of hydrogen-bond acceptors (Lipinski definition) is 5. The van der Waals surface area contributed by atoms with Gasteiger partial charge in [-0.3, -0.25) is 0 Å². The van der Waals surface area contributed by atoms with Gasteiger partial charge in [-0.05, 0) is 31.2 Å². The van der Waals surface area contributed by atoms with Crippen LogP contribution in [0.2, 0.25) is 0 Å². The maximum absolute atomic E-state index is 13.3. The van der Waals surface area contributed by atoms with E-state index in [-0.39, 0.29) is 24.0 Å². The quantitative estimate of drug-likeness (QED) is 0.788. The summed E-state index contributed by atoms with van der Waals surface area (Å²) in [6, 6.07) is 2.66. The number of benzene rings is 1. The van der Waals surface area contributed by atoms with Crippen molar-refractivity contribution in [1.82, 2.24) is 10.0 Å². The summed E-state index contributed by atoms with van der Waals surface area (Å²) in [6.07, 6.45) is 0.641. The van der Waals surface area contributed by atoms with Crippen LogP contribution >= 0.6 is 12.4 Å². The zero-order valence-electron chi connectivity index (χ0n) is 11.3. The van der Waals surface area contributed by atoms with Crippen LogP contribution in [0.5, 0.6) is 0 Å². The molecule has 1 aromatic rings. The molecule has 2 N–H and O–H groups in total. The van der Waals surface area contributed by atoms with Gasteiger partial charge in [-0.25, -0.2) is 22.3 Å². The van der Waals surface area contributed by atoms with Gasteiger partial charge in [-0.15, -0.1) is 12.4 Å². The molecule has 2 rings (SSSR count). The highest BCUT2D eigenvalue weighted by Crippen LogP contribution is 2.19. The van der Waals surface area contributed by atoms with Crippen LogP contribution < -0.4 is 10.0 Å². The fourth-order valence-corrected chi connectivity index (χ4v) is 3.51. The predicted octanol–water partition coefficient (Wildman–Crippen LogP) is 0.674. The van der Waals surface area contributed by atoms with Gasteiger partial charge in [0.25, 0.3) is 0 Å². The van der Waals surface area contributed by atoms with Crippen molar-refractivity contribution in [2.75, 3.05) is 20.2 Å². The molecule has 118 valence electrons. The lowest BCUT2D eigenvalue weighted by Crippen LogP contribution is -2.37. The Kier molecular flexibility index (Phi) is 6.09. The number of methoxy groups -OCH3 is 1. The molecular weight excluding hydrogens is 323 g/mol. The van der Waals surface area contributed by atoms with Crippen LogP contribution in [0.3, 0.4) is 0 Å². The monoisotopic (exact) mass is 338 g/mol. The Labute approximate surface area is 128 Å². The first-order valence-corrected chi connectivity index (χ1v) is 7.53. The summed E-state index contributed by atoms with van der Waals surface area (Å²) in [7, 11) is -2.85. The average Bonchev–Trinajstić information content (AvgIpc) is 2.90. The Morgan fingerprint density at radius 3 is 2.76 bits per heavy atom. The molecule has 0 bridgehead atoms. The number of carbonyl (C=O) groups excluding carboxylic acids is 1. The van der Waals surface area contributed by atoms with Gasteiger partial charge >= 0.3 is 5.97 Å². The minimum Gasteiger partial charge on any atom is -0.465 e. The van der Waals surface area contributed by atoms with Gasteiger partial charge in [0.2, 0.25) is 10.0 Å². The molecule has 0 aromatic heterocycles. The van der Waals surface area contributed by atoms with E-state index >= 15 is 0 Å². The van der Waals surface area contributed by atoms with E-state index in [1.807, 2.05) is 0 Å². The van der Waals surface area contributed by atoms with Crippen molar-refractivity contribution in [2.45, 2.75) is 17.4 Å². The van der Waals surface area contributed by atoms with Crippen LogP contribution in [0.4, 0.5) is 4.39 Å². The van der Waals surface area contributed by atoms with Gasteiger partial charge < -0.3 is 10.1 Å². The van der Waals surface area contributed by atoms with Crippen molar-refractivity contribution in [3.63, 3.8) is 0 Å². The van der Waals surface area contributed by atoms with E-state index in [9.17, 15) is 17.6 Å². The van der Waals surface area contributed by atoms with E-state index < -0.39 is 26.7 Å². The minimum atomic E-state index is -3.98. The standard InChI is InChI=1S/C12H15FN2O4S.ClH/c1-19-12(16)10-3-2-8(13)6-11(10)20(17,18)15-9-4-5-14-7-9;/h2-3,6,9,14-15H,4-5,7H2,1H3;1H. The summed E-state index contributed by atoms with van der Waals surface area (Å²) < 4.78 is 44.8. The Morgan fingerprint density at radius 1 is 1.48 bits per heavy atom. The van der Waals surface area contributed by atoms with E-state index in [0.29, 0.717) is 19.5 Å².